The molecule has 0 bridgehead atoms. The maximum atomic E-state index is 13.4. The molecule has 0 fully saturated rings. The van der Waals surface area contributed by atoms with E-state index in [1.807, 2.05) is 6.92 Å². The Balaban J connectivity index is 2.70. The van der Waals surface area contributed by atoms with Gasteiger partial charge in [-0.05, 0) is 18.6 Å². The van der Waals surface area contributed by atoms with Crippen LogP contribution in [-0.2, 0) is 16.6 Å². The Morgan fingerprint density at radius 2 is 2.25 bits per heavy atom. The van der Waals surface area contributed by atoms with Crippen LogP contribution in [0.4, 0.5) is 4.39 Å². The van der Waals surface area contributed by atoms with E-state index in [2.05, 4.69) is 0 Å². The van der Waals surface area contributed by atoms with Gasteiger partial charge in [-0.1, -0.05) is 24.6 Å². The maximum Gasteiger partial charge on any atom is 0.128 e. The van der Waals surface area contributed by atoms with Gasteiger partial charge in [0.2, 0.25) is 0 Å². The second-order valence-corrected chi connectivity index (χ2v) is 5.53. The van der Waals surface area contributed by atoms with Gasteiger partial charge in [0.15, 0.2) is 0 Å². The van der Waals surface area contributed by atoms with Crippen LogP contribution < -0.4 is 5.73 Å². The van der Waals surface area contributed by atoms with Gasteiger partial charge in [0, 0.05) is 33.2 Å². The first kappa shape index (κ1) is 13.6. The highest BCUT2D eigenvalue weighted by atomic mass is 35.5. The molecule has 16 heavy (non-hydrogen) atoms. The second kappa shape index (κ2) is 6.33. The van der Waals surface area contributed by atoms with Crippen LogP contribution in [0.3, 0.4) is 0 Å². The number of nitrogens with two attached hydrogens (primary N) is 1. The minimum atomic E-state index is -1.17. The highest BCUT2D eigenvalue weighted by Gasteiger charge is 2.12. The van der Waals surface area contributed by atoms with E-state index in [4.69, 9.17) is 17.3 Å². The predicted octanol–water partition coefficient (Wildman–Crippen LogP) is 2.47. The molecule has 0 aliphatic carbocycles. The van der Waals surface area contributed by atoms with Crippen LogP contribution in [0.1, 0.15) is 18.9 Å². The monoisotopic (exact) mass is 263 g/mol. The van der Waals surface area contributed by atoms with Crippen molar-refractivity contribution in [2.75, 3.05) is 5.75 Å². The Hall–Kier alpha value is -0.450. The molecule has 0 saturated carbocycles. The molecule has 2 atom stereocenters. The fourth-order valence-electron chi connectivity index (χ4n) is 1.25. The number of hydrogen-bond acceptors (Lipinski definition) is 2. The van der Waals surface area contributed by atoms with Crippen LogP contribution in [0, 0.1) is 5.82 Å². The third-order valence-electron chi connectivity index (χ3n) is 2.29. The minimum Gasteiger partial charge on any atom is -0.327 e. The Morgan fingerprint density at radius 3 is 2.81 bits per heavy atom. The maximum absolute atomic E-state index is 13.4. The van der Waals surface area contributed by atoms with Crippen molar-refractivity contribution in [1.82, 2.24) is 0 Å². The van der Waals surface area contributed by atoms with Gasteiger partial charge in [-0.25, -0.2) is 4.39 Å². The Kier molecular flexibility index (Phi) is 5.38. The van der Waals surface area contributed by atoms with Crippen LogP contribution in [0.5, 0.6) is 0 Å². The Bertz CT molecular complexity index is 366. The normalized spacial score (nSPS) is 14.8. The van der Waals surface area contributed by atoms with E-state index in [1.165, 1.54) is 12.1 Å². The lowest BCUT2D eigenvalue weighted by Gasteiger charge is -2.09. The zero-order chi connectivity index (χ0) is 12.1. The number of halogens is 2. The molecule has 0 spiro atoms. The summed E-state index contributed by atoms with van der Waals surface area (Å²) < 4.78 is 25.1. The number of benzene rings is 1. The molecule has 0 heterocycles. The first-order valence-corrected chi connectivity index (χ1v) is 6.94. The summed E-state index contributed by atoms with van der Waals surface area (Å²) in [7, 11) is -1.17. The molecule has 1 rings (SSSR count). The molecule has 5 heteroatoms. The molecule has 0 saturated heterocycles. The fraction of sp³-hybridized carbons (Fsp3) is 0.455. The molecule has 0 aliphatic rings. The second-order valence-electron chi connectivity index (χ2n) is 3.62. The van der Waals surface area contributed by atoms with Gasteiger partial charge in [0.05, 0.1) is 5.75 Å². The van der Waals surface area contributed by atoms with Crippen molar-refractivity contribution in [3.8, 4) is 0 Å². The van der Waals surface area contributed by atoms with Crippen LogP contribution in [-0.4, -0.2) is 16.0 Å². The van der Waals surface area contributed by atoms with Crippen molar-refractivity contribution >= 4 is 22.4 Å². The topological polar surface area (TPSA) is 43.1 Å². The largest absolute Gasteiger partial charge is 0.327 e. The van der Waals surface area contributed by atoms with Gasteiger partial charge in [-0.15, -0.1) is 0 Å². The molecule has 2 nitrogen and oxygen atoms in total. The van der Waals surface area contributed by atoms with Crippen molar-refractivity contribution in [3.63, 3.8) is 0 Å². The van der Waals surface area contributed by atoms with Gasteiger partial charge in [-0.2, -0.15) is 0 Å². The van der Waals surface area contributed by atoms with E-state index in [0.717, 1.165) is 6.42 Å². The smallest absolute Gasteiger partial charge is 0.128 e. The molecule has 90 valence electrons. The van der Waals surface area contributed by atoms with E-state index >= 15 is 0 Å². The molecule has 0 aromatic heterocycles. The van der Waals surface area contributed by atoms with Gasteiger partial charge in [0.25, 0.3) is 0 Å². The molecule has 0 amide bonds. The average Bonchev–Trinajstić information content (AvgIpc) is 2.23. The lowest BCUT2D eigenvalue weighted by molar-refractivity contribution is 0.614. The van der Waals surface area contributed by atoms with Gasteiger partial charge in [0.1, 0.15) is 5.82 Å². The van der Waals surface area contributed by atoms with Crippen LogP contribution in [0.25, 0.3) is 0 Å². The summed E-state index contributed by atoms with van der Waals surface area (Å²) in [6, 6.07) is 4.34. The van der Waals surface area contributed by atoms with E-state index in [1.54, 1.807) is 6.07 Å². The minimum absolute atomic E-state index is 0.105. The number of rotatable bonds is 5. The lowest BCUT2D eigenvalue weighted by Crippen LogP contribution is -2.26. The van der Waals surface area contributed by atoms with Gasteiger partial charge < -0.3 is 5.73 Å². The molecule has 0 aliphatic heterocycles. The molecule has 2 unspecified atom stereocenters. The highest BCUT2D eigenvalue weighted by Crippen LogP contribution is 2.20. The third-order valence-corrected chi connectivity index (χ3v) is 4.06. The summed E-state index contributed by atoms with van der Waals surface area (Å²) in [5.41, 5.74) is 5.99. The van der Waals surface area contributed by atoms with E-state index in [9.17, 15) is 8.60 Å². The standard InChI is InChI=1S/C11H15ClFNOS/c1-2-8(14)6-16(15)7-9-10(12)4-3-5-11(9)13/h3-5,8H,2,6-7,14H2,1H3. The number of hydrogen-bond donors (Lipinski definition) is 1. The predicted molar refractivity (Wildman–Crippen MR) is 66.4 cm³/mol. The molecule has 0 radical (unpaired) electrons. The van der Waals surface area contributed by atoms with Gasteiger partial charge >= 0.3 is 0 Å². The van der Waals surface area contributed by atoms with E-state index < -0.39 is 16.6 Å². The summed E-state index contributed by atoms with van der Waals surface area (Å²) in [6.07, 6.45) is 0.761. The molecule has 1 aromatic carbocycles. The summed E-state index contributed by atoms with van der Waals surface area (Å²) in [5, 5.41) is 0.318. The van der Waals surface area contributed by atoms with Crippen molar-refractivity contribution < 1.29 is 8.60 Å². The summed E-state index contributed by atoms with van der Waals surface area (Å²) in [6.45, 7) is 1.93. The molecule has 1 aromatic rings. The first-order valence-electron chi connectivity index (χ1n) is 5.08. The molecule has 2 N–H and O–H groups in total. The summed E-state index contributed by atoms with van der Waals surface area (Å²) in [5.74, 6) is 0.0892. The Morgan fingerprint density at radius 1 is 1.56 bits per heavy atom. The first-order chi connectivity index (χ1) is 7.54. The van der Waals surface area contributed by atoms with Crippen LogP contribution in [0.2, 0.25) is 5.02 Å². The summed E-state index contributed by atoms with van der Waals surface area (Å²) in [4.78, 5) is 0. The van der Waals surface area contributed by atoms with E-state index in [0.29, 0.717) is 16.3 Å². The molecular weight excluding hydrogens is 249 g/mol. The van der Waals surface area contributed by atoms with Crippen LogP contribution in [0.15, 0.2) is 18.2 Å². The van der Waals surface area contributed by atoms with Crippen molar-refractivity contribution in [3.05, 3.63) is 34.6 Å². The molecular formula is C11H15ClFNOS. The summed E-state index contributed by atoms with van der Waals surface area (Å²) >= 11 is 5.84. The van der Waals surface area contributed by atoms with Crippen molar-refractivity contribution in [2.45, 2.75) is 25.1 Å². The quantitative estimate of drug-likeness (QED) is 0.887. The van der Waals surface area contributed by atoms with Gasteiger partial charge in [-0.3, -0.25) is 4.21 Å². The fourth-order valence-corrected chi connectivity index (χ4v) is 3.00. The Labute approximate surface area is 102 Å². The lowest BCUT2D eigenvalue weighted by atomic mass is 10.2. The zero-order valence-electron chi connectivity index (χ0n) is 9.08. The average molecular weight is 264 g/mol. The van der Waals surface area contributed by atoms with Crippen LogP contribution >= 0.6 is 11.6 Å². The highest BCUT2D eigenvalue weighted by molar-refractivity contribution is 7.84. The van der Waals surface area contributed by atoms with Crippen molar-refractivity contribution in [2.24, 2.45) is 5.73 Å². The SMILES string of the molecule is CCC(N)CS(=O)Cc1c(F)cccc1Cl. The van der Waals surface area contributed by atoms with Crippen molar-refractivity contribution in [1.29, 1.82) is 0 Å². The zero-order valence-corrected chi connectivity index (χ0v) is 10.7. The van der Waals surface area contributed by atoms with E-state index in [-0.39, 0.29) is 11.8 Å². The third kappa shape index (κ3) is 3.85.